The summed E-state index contributed by atoms with van der Waals surface area (Å²) in [5.41, 5.74) is 3.09. The van der Waals surface area contributed by atoms with E-state index in [1.54, 1.807) is 4.68 Å². The predicted molar refractivity (Wildman–Crippen MR) is 95.0 cm³/mol. The van der Waals surface area contributed by atoms with Gasteiger partial charge in [-0.25, -0.2) is 4.68 Å². The first kappa shape index (κ1) is 15.2. The molecule has 0 fully saturated rings. The van der Waals surface area contributed by atoms with E-state index in [-0.39, 0.29) is 11.9 Å². The molecule has 0 bridgehead atoms. The molecule has 7 heteroatoms. The molecule has 2 aromatic heterocycles. The highest BCUT2D eigenvalue weighted by atomic mass is 16.1. The number of carbonyl (C=O) groups is 1. The van der Waals surface area contributed by atoms with Crippen LogP contribution >= 0.6 is 0 Å². The van der Waals surface area contributed by atoms with Crippen molar-refractivity contribution in [1.82, 2.24) is 19.3 Å². The molecule has 126 valence electrons. The van der Waals surface area contributed by atoms with Gasteiger partial charge in [0.15, 0.2) is 0 Å². The van der Waals surface area contributed by atoms with E-state index >= 15 is 0 Å². The van der Waals surface area contributed by atoms with Crippen molar-refractivity contribution in [2.45, 2.75) is 13.0 Å². The average molecular weight is 334 g/mol. The number of rotatable bonds is 3. The van der Waals surface area contributed by atoms with Gasteiger partial charge in [0.2, 0.25) is 5.95 Å². The lowest BCUT2D eigenvalue weighted by molar-refractivity contribution is -0.113. The van der Waals surface area contributed by atoms with E-state index in [0.717, 1.165) is 17.1 Å². The summed E-state index contributed by atoms with van der Waals surface area (Å²) in [6.07, 6.45) is 3.44. The Morgan fingerprint density at radius 1 is 1.20 bits per heavy atom. The molecule has 0 saturated carbocycles. The molecule has 25 heavy (non-hydrogen) atoms. The molecular formula is C18H18N6O. The van der Waals surface area contributed by atoms with Gasteiger partial charge >= 0.3 is 0 Å². The molecular weight excluding hydrogens is 316 g/mol. The maximum absolute atomic E-state index is 13.0. The zero-order valence-corrected chi connectivity index (χ0v) is 14.0. The largest absolute Gasteiger partial charge is 0.352 e. The van der Waals surface area contributed by atoms with Crippen LogP contribution in [0.15, 0.2) is 66.3 Å². The first-order valence-electron chi connectivity index (χ1n) is 8.00. The zero-order valence-electron chi connectivity index (χ0n) is 14.0. The maximum Gasteiger partial charge on any atom is 0.255 e. The molecule has 2 N–H and O–H groups in total. The topological polar surface area (TPSA) is 76.8 Å². The number of aryl methyl sites for hydroxylation is 1. The van der Waals surface area contributed by atoms with Crippen LogP contribution in [-0.4, -0.2) is 25.2 Å². The van der Waals surface area contributed by atoms with Crippen LogP contribution in [0.25, 0.3) is 0 Å². The molecule has 7 nitrogen and oxygen atoms in total. The Kier molecular flexibility index (Phi) is 3.61. The highest BCUT2D eigenvalue weighted by Crippen LogP contribution is 2.35. The monoisotopic (exact) mass is 334 g/mol. The van der Waals surface area contributed by atoms with Gasteiger partial charge in [-0.05, 0) is 31.2 Å². The minimum Gasteiger partial charge on any atom is -0.352 e. The smallest absolute Gasteiger partial charge is 0.255 e. The van der Waals surface area contributed by atoms with Crippen LogP contribution in [0, 0.1) is 0 Å². The second-order valence-electron chi connectivity index (χ2n) is 5.96. The van der Waals surface area contributed by atoms with Crippen LogP contribution in [-0.2, 0) is 11.8 Å². The fourth-order valence-electron chi connectivity index (χ4n) is 3.14. The molecule has 0 radical (unpaired) electrons. The van der Waals surface area contributed by atoms with Crippen LogP contribution in [0.3, 0.4) is 0 Å². The van der Waals surface area contributed by atoms with Crippen molar-refractivity contribution >= 4 is 17.5 Å². The van der Waals surface area contributed by atoms with Gasteiger partial charge in [-0.15, -0.1) is 0 Å². The van der Waals surface area contributed by atoms with E-state index in [0.29, 0.717) is 11.5 Å². The second kappa shape index (κ2) is 5.94. The van der Waals surface area contributed by atoms with Crippen LogP contribution < -0.4 is 10.6 Å². The fourth-order valence-corrected chi connectivity index (χ4v) is 3.14. The molecule has 0 spiro atoms. The highest BCUT2D eigenvalue weighted by molar-refractivity contribution is 6.05. The SMILES string of the molecule is CC1=C(C(=O)Nc2ccccc2)[C@H](c2cccn2C)n2ncnc2N1. The molecule has 3 heterocycles. The first-order valence-corrected chi connectivity index (χ1v) is 8.00. The minimum absolute atomic E-state index is 0.163. The Hall–Kier alpha value is -3.35. The normalized spacial score (nSPS) is 16.3. The summed E-state index contributed by atoms with van der Waals surface area (Å²) in [6.45, 7) is 1.88. The lowest BCUT2D eigenvalue weighted by atomic mass is 9.99. The third-order valence-corrected chi connectivity index (χ3v) is 4.33. The van der Waals surface area contributed by atoms with Crippen LogP contribution in [0.1, 0.15) is 18.7 Å². The quantitative estimate of drug-likeness (QED) is 0.772. The van der Waals surface area contributed by atoms with Crippen molar-refractivity contribution in [2.75, 3.05) is 10.6 Å². The molecule has 0 aliphatic carbocycles. The molecule has 1 aliphatic rings. The summed E-state index contributed by atoms with van der Waals surface area (Å²) in [7, 11) is 1.95. The van der Waals surface area contributed by atoms with Gasteiger partial charge in [0.05, 0.1) is 5.57 Å². The molecule has 0 saturated heterocycles. The van der Waals surface area contributed by atoms with E-state index in [1.165, 1.54) is 6.33 Å². The second-order valence-corrected chi connectivity index (χ2v) is 5.96. The van der Waals surface area contributed by atoms with E-state index in [9.17, 15) is 4.79 Å². The summed E-state index contributed by atoms with van der Waals surface area (Å²) in [5.74, 6) is 0.462. The highest BCUT2D eigenvalue weighted by Gasteiger charge is 2.34. The predicted octanol–water partition coefficient (Wildman–Crippen LogP) is 2.54. The summed E-state index contributed by atoms with van der Waals surface area (Å²) in [4.78, 5) is 17.3. The Bertz CT molecular complexity index is 953. The average Bonchev–Trinajstić information content (AvgIpc) is 3.23. The van der Waals surface area contributed by atoms with E-state index in [4.69, 9.17) is 0 Å². The maximum atomic E-state index is 13.0. The zero-order chi connectivity index (χ0) is 17.4. The fraction of sp³-hybridized carbons (Fsp3) is 0.167. The van der Waals surface area contributed by atoms with Gasteiger partial charge in [0.25, 0.3) is 5.91 Å². The van der Waals surface area contributed by atoms with Crippen LogP contribution in [0.5, 0.6) is 0 Å². The molecule has 1 aromatic carbocycles. The van der Waals surface area contributed by atoms with Crippen molar-refractivity contribution in [1.29, 1.82) is 0 Å². The van der Waals surface area contributed by atoms with Gasteiger partial charge in [-0.2, -0.15) is 10.1 Å². The number of aromatic nitrogens is 4. The van der Waals surface area contributed by atoms with Gasteiger partial charge in [-0.1, -0.05) is 18.2 Å². The van der Waals surface area contributed by atoms with Crippen LogP contribution in [0.4, 0.5) is 11.6 Å². The summed E-state index contributed by atoms with van der Waals surface area (Å²) in [6, 6.07) is 13.0. The number of para-hydroxylation sites is 1. The summed E-state index contributed by atoms with van der Waals surface area (Å²) in [5, 5.41) is 10.5. The number of anilines is 2. The number of benzene rings is 1. The Morgan fingerprint density at radius 3 is 2.72 bits per heavy atom. The number of allylic oxidation sites excluding steroid dienone is 1. The Balaban J connectivity index is 1.78. The van der Waals surface area contributed by atoms with E-state index < -0.39 is 0 Å². The van der Waals surface area contributed by atoms with Crippen molar-refractivity contribution in [2.24, 2.45) is 7.05 Å². The third-order valence-electron chi connectivity index (χ3n) is 4.33. The summed E-state index contributed by atoms with van der Waals surface area (Å²) >= 11 is 0. The molecule has 4 rings (SSSR count). The molecule has 3 aromatic rings. The van der Waals surface area contributed by atoms with Gasteiger partial charge in [0.1, 0.15) is 12.4 Å². The number of fused-ring (bicyclic) bond motifs is 1. The van der Waals surface area contributed by atoms with Crippen molar-refractivity contribution in [3.63, 3.8) is 0 Å². The number of amides is 1. The van der Waals surface area contributed by atoms with Crippen molar-refractivity contribution in [3.05, 3.63) is 72.0 Å². The van der Waals surface area contributed by atoms with Gasteiger partial charge in [-0.3, -0.25) is 4.79 Å². The number of hydrogen-bond acceptors (Lipinski definition) is 4. The third kappa shape index (κ3) is 2.59. The number of carbonyl (C=O) groups excluding carboxylic acids is 1. The standard InChI is InChI=1S/C18H18N6O/c1-12-15(17(25)22-13-7-4-3-5-8-13)16(14-9-6-10-23(14)2)24-18(21-12)19-11-20-24/h3-11,16H,1-2H3,(H,22,25)(H,19,20,21)/t16-/m0/s1. The van der Waals surface area contributed by atoms with E-state index in [1.807, 2.05) is 67.2 Å². The Labute approximate surface area is 145 Å². The van der Waals surface area contributed by atoms with Gasteiger partial charge in [0, 0.05) is 30.3 Å². The lowest BCUT2D eigenvalue weighted by Gasteiger charge is -2.28. The van der Waals surface area contributed by atoms with Crippen molar-refractivity contribution < 1.29 is 4.79 Å². The van der Waals surface area contributed by atoms with Crippen molar-refractivity contribution in [3.8, 4) is 0 Å². The first-order chi connectivity index (χ1) is 12.1. The van der Waals surface area contributed by atoms with Crippen LogP contribution in [0.2, 0.25) is 0 Å². The molecule has 0 unspecified atom stereocenters. The minimum atomic E-state index is -0.345. The number of nitrogens with one attached hydrogen (secondary N) is 2. The summed E-state index contributed by atoms with van der Waals surface area (Å²) < 4.78 is 3.73. The number of hydrogen-bond donors (Lipinski definition) is 2. The lowest BCUT2D eigenvalue weighted by Crippen LogP contribution is -2.32. The molecule has 1 aliphatic heterocycles. The number of nitrogens with zero attached hydrogens (tertiary/aromatic N) is 4. The Morgan fingerprint density at radius 2 is 2.00 bits per heavy atom. The van der Waals surface area contributed by atoms with Gasteiger partial charge < -0.3 is 15.2 Å². The molecule has 1 atom stereocenters. The van der Waals surface area contributed by atoms with E-state index in [2.05, 4.69) is 20.7 Å². The molecule has 1 amide bonds.